The molecule has 3 N–H and O–H groups in total. The van der Waals surface area contributed by atoms with Crippen LogP contribution in [-0.2, 0) is 4.79 Å². The molecule has 5 atom stereocenters. The number of fused-ring (bicyclic) bond motifs is 2. The SMILES string of the molecule is CNC(=O)[C@@]12C[C@@H]1[C@@H](n1cnc3c(N(C)C)nc(C#Cc4ccc(Cl)s4)nc31)[C@H](O)[C@@H]2O. The number of imidazole rings is 1. The zero-order chi connectivity index (χ0) is 22.8. The average Bonchev–Trinajstić information content (AvgIpc) is 3.02. The Hall–Kier alpha value is -2.71. The first-order chi connectivity index (χ1) is 15.3. The van der Waals surface area contributed by atoms with Crippen LogP contribution in [0.1, 0.15) is 23.2 Å². The highest BCUT2D eigenvalue weighted by molar-refractivity contribution is 7.16. The molecule has 0 radical (unpaired) electrons. The Morgan fingerprint density at radius 1 is 1.34 bits per heavy atom. The third kappa shape index (κ3) is 3.00. The number of aromatic nitrogens is 4. The molecule has 11 heteroatoms. The topological polar surface area (TPSA) is 116 Å². The van der Waals surface area contributed by atoms with E-state index in [2.05, 4.69) is 32.1 Å². The standard InChI is InChI=1S/C21H21ClN6O3S/c1-23-20(31)21-8-11(21)15(16(29)17(21)30)28-9-24-14-18(27(2)3)25-13(26-19(14)28)7-5-10-4-6-12(22)32-10/h4,6,9,11,15-17,29-30H,8H2,1-3H3,(H,23,31)/t11-,15-,16+,17+,21+/m1/s1. The van der Waals surface area contributed by atoms with E-state index >= 15 is 0 Å². The molecule has 5 rings (SSSR count). The van der Waals surface area contributed by atoms with Crippen LogP contribution in [0, 0.1) is 23.2 Å². The second kappa shape index (κ2) is 7.42. The predicted octanol–water partition coefficient (Wildman–Crippen LogP) is 1.04. The third-order valence-electron chi connectivity index (χ3n) is 6.34. The first kappa shape index (κ1) is 21.2. The molecule has 0 saturated heterocycles. The molecule has 0 unspecified atom stereocenters. The molecule has 2 fully saturated rings. The molecule has 0 bridgehead atoms. The summed E-state index contributed by atoms with van der Waals surface area (Å²) in [5, 5.41) is 24.1. The second-order valence-corrected chi connectivity index (χ2v) is 10.0. The number of nitrogens with zero attached hydrogens (tertiary/aromatic N) is 5. The van der Waals surface area contributed by atoms with Gasteiger partial charge >= 0.3 is 0 Å². The molecule has 32 heavy (non-hydrogen) atoms. The number of amides is 1. The van der Waals surface area contributed by atoms with Gasteiger partial charge in [0.1, 0.15) is 6.10 Å². The van der Waals surface area contributed by atoms with Gasteiger partial charge in [-0.3, -0.25) is 4.79 Å². The Morgan fingerprint density at radius 2 is 2.12 bits per heavy atom. The highest BCUT2D eigenvalue weighted by Crippen LogP contribution is 2.67. The quantitative estimate of drug-likeness (QED) is 0.487. The van der Waals surface area contributed by atoms with E-state index < -0.39 is 23.7 Å². The van der Waals surface area contributed by atoms with Crippen LogP contribution in [0.4, 0.5) is 5.82 Å². The molecule has 2 aliphatic rings. The van der Waals surface area contributed by atoms with E-state index in [-0.39, 0.29) is 11.8 Å². The smallest absolute Gasteiger partial charge is 0.229 e. The zero-order valence-electron chi connectivity index (χ0n) is 17.6. The van der Waals surface area contributed by atoms with Crippen molar-refractivity contribution >= 4 is 45.8 Å². The third-order valence-corrected chi connectivity index (χ3v) is 7.49. The number of hydrogen-bond acceptors (Lipinski definition) is 8. The molecular weight excluding hydrogens is 452 g/mol. The van der Waals surface area contributed by atoms with Crippen molar-refractivity contribution in [1.82, 2.24) is 24.8 Å². The summed E-state index contributed by atoms with van der Waals surface area (Å²) in [6, 6.07) is 3.08. The molecule has 0 aliphatic heterocycles. The summed E-state index contributed by atoms with van der Waals surface area (Å²) in [6.07, 6.45) is -0.203. The van der Waals surface area contributed by atoms with E-state index in [0.717, 1.165) is 4.88 Å². The first-order valence-electron chi connectivity index (χ1n) is 10.1. The number of halogens is 1. The van der Waals surface area contributed by atoms with E-state index in [1.54, 1.807) is 17.0 Å². The second-order valence-electron chi connectivity index (χ2n) is 8.30. The maximum Gasteiger partial charge on any atom is 0.229 e. The molecule has 9 nitrogen and oxygen atoms in total. The Balaban J connectivity index is 1.60. The summed E-state index contributed by atoms with van der Waals surface area (Å²) in [7, 11) is 5.24. The van der Waals surface area contributed by atoms with Gasteiger partial charge in [0, 0.05) is 27.1 Å². The van der Waals surface area contributed by atoms with Crippen molar-refractivity contribution in [3.8, 4) is 11.8 Å². The van der Waals surface area contributed by atoms with Gasteiger partial charge < -0.3 is 25.0 Å². The zero-order valence-corrected chi connectivity index (χ0v) is 19.1. The lowest BCUT2D eigenvalue weighted by molar-refractivity contribution is -0.132. The van der Waals surface area contributed by atoms with E-state index in [1.807, 2.05) is 25.1 Å². The largest absolute Gasteiger partial charge is 0.389 e. The monoisotopic (exact) mass is 472 g/mol. The van der Waals surface area contributed by atoms with Gasteiger partial charge in [0.05, 0.1) is 33.1 Å². The minimum atomic E-state index is -1.16. The van der Waals surface area contributed by atoms with E-state index in [4.69, 9.17) is 11.6 Å². The number of thiophene rings is 1. The number of hydrogen-bond donors (Lipinski definition) is 3. The summed E-state index contributed by atoms with van der Waals surface area (Å²) in [5.41, 5.74) is 0.0704. The van der Waals surface area contributed by atoms with Crippen LogP contribution in [0.2, 0.25) is 4.34 Å². The lowest BCUT2D eigenvalue weighted by Crippen LogP contribution is -2.41. The minimum Gasteiger partial charge on any atom is -0.389 e. The Labute approximate surface area is 193 Å². The van der Waals surface area contributed by atoms with E-state index in [9.17, 15) is 15.0 Å². The predicted molar refractivity (Wildman–Crippen MR) is 121 cm³/mol. The Kier molecular flexibility index (Phi) is 4.90. The lowest BCUT2D eigenvalue weighted by Gasteiger charge is -2.23. The molecule has 3 heterocycles. The summed E-state index contributed by atoms with van der Waals surface area (Å²) in [4.78, 5) is 28.7. The molecular formula is C21H21ClN6O3S. The van der Waals surface area contributed by atoms with Gasteiger partial charge in [-0.05, 0) is 30.4 Å². The van der Waals surface area contributed by atoms with Crippen LogP contribution in [-0.4, -0.2) is 69.0 Å². The molecule has 0 spiro atoms. The van der Waals surface area contributed by atoms with Crippen LogP contribution in [0.3, 0.4) is 0 Å². The number of aliphatic hydroxyl groups excluding tert-OH is 2. The molecule has 1 amide bonds. The van der Waals surface area contributed by atoms with Gasteiger partial charge in [0.2, 0.25) is 11.7 Å². The van der Waals surface area contributed by atoms with Gasteiger partial charge in [-0.15, -0.1) is 11.3 Å². The molecule has 3 aromatic heterocycles. The average molecular weight is 473 g/mol. The van der Waals surface area contributed by atoms with Gasteiger partial charge in [-0.2, -0.15) is 0 Å². The number of carbonyl (C=O) groups is 1. The van der Waals surface area contributed by atoms with Gasteiger partial charge in [0.15, 0.2) is 17.0 Å². The normalized spacial score (nSPS) is 28.2. The van der Waals surface area contributed by atoms with Crippen molar-refractivity contribution in [3.05, 3.63) is 33.5 Å². The summed E-state index contributed by atoms with van der Waals surface area (Å²) in [5.74, 6) is 6.42. The summed E-state index contributed by atoms with van der Waals surface area (Å²) < 4.78 is 2.39. The minimum absolute atomic E-state index is 0.217. The number of rotatable bonds is 3. The maximum atomic E-state index is 12.5. The van der Waals surface area contributed by atoms with Crippen molar-refractivity contribution in [2.24, 2.45) is 11.3 Å². The van der Waals surface area contributed by atoms with E-state index in [1.165, 1.54) is 18.4 Å². The van der Waals surface area contributed by atoms with E-state index in [0.29, 0.717) is 33.6 Å². The number of anilines is 1. The van der Waals surface area contributed by atoms with Gasteiger partial charge in [-0.1, -0.05) is 11.6 Å². The molecule has 0 aromatic carbocycles. The van der Waals surface area contributed by atoms with Crippen molar-refractivity contribution in [2.45, 2.75) is 24.7 Å². The van der Waals surface area contributed by atoms with Crippen LogP contribution in [0.25, 0.3) is 11.2 Å². The van der Waals surface area contributed by atoms with Crippen LogP contribution in [0.15, 0.2) is 18.5 Å². The summed E-state index contributed by atoms with van der Waals surface area (Å²) in [6.45, 7) is 0. The highest BCUT2D eigenvalue weighted by atomic mass is 35.5. The first-order valence-corrected chi connectivity index (χ1v) is 11.2. The van der Waals surface area contributed by atoms with Gasteiger partial charge in [-0.25, -0.2) is 15.0 Å². The summed E-state index contributed by atoms with van der Waals surface area (Å²) >= 11 is 7.35. The molecule has 166 valence electrons. The lowest BCUT2D eigenvalue weighted by atomic mass is 9.98. The van der Waals surface area contributed by atoms with Crippen LogP contribution < -0.4 is 10.2 Å². The Bertz CT molecular complexity index is 1290. The molecule has 2 saturated carbocycles. The highest BCUT2D eigenvalue weighted by Gasteiger charge is 2.75. The molecule has 3 aromatic rings. The van der Waals surface area contributed by atoms with Crippen molar-refractivity contribution in [2.75, 3.05) is 26.0 Å². The van der Waals surface area contributed by atoms with Gasteiger partial charge in [0.25, 0.3) is 0 Å². The van der Waals surface area contributed by atoms with Crippen molar-refractivity contribution in [3.63, 3.8) is 0 Å². The fraction of sp³-hybridized carbons (Fsp3) is 0.429. The number of carbonyl (C=O) groups excluding carboxylic acids is 1. The maximum absolute atomic E-state index is 12.5. The number of nitrogens with one attached hydrogen (secondary N) is 1. The van der Waals surface area contributed by atoms with Crippen LogP contribution in [0.5, 0.6) is 0 Å². The van der Waals surface area contributed by atoms with Crippen molar-refractivity contribution in [1.29, 1.82) is 0 Å². The van der Waals surface area contributed by atoms with Crippen molar-refractivity contribution < 1.29 is 15.0 Å². The molecule has 2 aliphatic carbocycles. The van der Waals surface area contributed by atoms with Crippen LogP contribution >= 0.6 is 22.9 Å². The number of aliphatic hydroxyl groups is 2. The fourth-order valence-electron chi connectivity index (χ4n) is 4.77. The fourth-order valence-corrected chi connectivity index (χ4v) is 5.67. The Morgan fingerprint density at radius 3 is 2.78 bits per heavy atom.